The number of benzene rings is 1. The van der Waals surface area contributed by atoms with Gasteiger partial charge in [-0.1, -0.05) is 17.7 Å². The molecule has 0 aliphatic rings. The lowest BCUT2D eigenvalue weighted by Gasteiger charge is -2.04. The van der Waals surface area contributed by atoms with Gasteiger partial charge in [0.1, 0.15) is 22.2 Å². The summed E-state index contributed by atoms with van der Waals surface area (Å²) in [5.41, 5.74) is 1.94. The van der Waals surface area contributed by atoms with Crippen LogP contribution in [0.2, 0.25) is 0 Å². The number of hydrogen-bond donors (Lipinski definition) is 1. The van der Waals surface area contributed by atoms with E-state index in [0.717, 1.165) is 26.7 Å². The first-order chi connectivity index (χ1) is 12.5. The van der Waals surface area contributed by atoms with Crippen LogP contribution < -0.4 is 10.1 Å². The number of hydrogen-bond acceptors (Lipinski definition) is 5. The van der Waals surface area contributed by atoms with E-state index < -0.39 is 0 Å². The van der Waals surface area contributed by atoms with Crippen LogP contribution in [-0.2, 0) is 13.0 Å². The molecule has 0 saturated carbocycles. The van der Waals surface area contributed by atoms with Gasteiger partial charge in [-0.2, -0.15) is 0 Å². The maximum absolute atomic E-state index is 12.4. The molecule has 26 heavy (non-hydrogen) atoms. The van der Waals surface area contributed by atoms with Crippen molar-refractivity contribution in [3.8, 4) is 5.75 Å². The van der Waals surface area contributed by atoms with Crippen LogP contribution in [0.4, 0.5) is 0 Å². The molecule has 1 N–H and O–H groups in total. The van der Waals surface area contributed by atoms with E-state index in [1.54, 1.807) is 11.3 Å². The van der Waals surface area contributed by atoms with E-state index in [9.17, 15) is 4.79 Å². The minimum atomic E-state index is -0.0720. The number of nitrogens with one attached hydrogen (secondary N) is 1. The summed E-state index contributed by atoms with van der Waals surface area (Å²) >= 11 is 6.52. The fourth-order valence-corrected chi connectivity index (χ4v) is 4.75. The molecule has 0 saturated heterocycles. The zero-order chi connectivity index (χ0) is 18.5. The normalized spacial score (nSPS) is 10.7. The summed E-state index contributed by atoms with van der Waals surface area (Å²) in [4.78, 5) is 18.8. The predicted octanol–water partition coefficient (Wildman–Crippen LogP) is 5.14. The molecule has 0 atom stereocenters. The van der Waals surface area contributed by atoms with Gasteiger partial charge < -0.3 is 10.1 Å². The molecule has 3 rings (SSSR count). The second-order valence-corrected chi connectivity index (χ2v) is 9.47. The average molecular weight is 451 g/mol. The van der Waals surface area contributed by atoms with Gasteiger partial charge in [0.15, 0.2) is 0 Å². The predicted molar refractivity (Wildman–Crippen MR) is 110 cm³/mol. The maximum Gasteiger partial charge on any atom is 0.263 e. The van der Waals surface area contributed by atoms with Crippen molar-refractivity contribution in [1.29, 1.82) is 0 Å². The van der Waals surface area contributed by atoms with Gasteiger partial charge >= 0.3 is 0 Å². The number of amides is 1. The first-order valence-corrected chi connectivity index (χ1v) is 10.6. The van der Waals surface area contributed by atoms with E-state index in [-0.39, 0.29) is 5.91 Å². The number of rotatable bonds is 7. The number of carbonyl (C=O) groups is 1. The van der Waals surface area contributed by atoms with E-state index in [0.29, 0.717) is 18.0 Å². The fraction of sp³-hybridized carbons (Fsp3) is 0.263. The van der Waals surface area contributed by atoms with Crippen LogP contribution in [0.3, 0.4) is 0 Å². The molecule has 4 nitrogen and oxygen atoms in total. The van der Waals surface area contributed by atoms with Crippen LogP contribution in [0.15, 0.2) is 40.2 Å². The van der Waals surface area contributed by atoms with Gasteiger partial charge in [-0.25, -0.2) is 4.98 Å². The number of aryl methyl sites for hydroxylation is 2. The molecule has 0 spiro atoms. The highest BCUT2D eigenvalue weighted by Crippen LogP contribution is 2.23. The van der Waals surface area contributed by atoms with Crippen LogP contribution >= 0.6 is 38.6 Å². The van der Waals surface area contributed by atoms with Gasteiger partial charge in [-0.15, -0.1) is 22.7 Å². The lowest BCUT2D eigenvalue weighted by Crippen LogP contribution is -2.25. The molecule has 0 aliphatic carbocycles. The number of carbonyl (C=O) groups excluding carboxylic acids is 1. The molecule has 0 radical (unpaired) electrons. The lowest BCUT2D eigenvalue weighted by molar-refractivity contribution is 0.0957. The summed E-state index contributed by atoms with van der Waals surface area (Å²) in [6, 6.07) is 12.0. The van der Waals surface area contributed by atoms with Crippen molar-refractivity contribution in [2.45, 2.75) is 26.9 Å². The van der Waals surface area contributed by atoms with Gasteiger partial charge in [0.2, 0.25) is 0 Å². The van der Waals surface area contributed by atoms with Gasteiger partial charge in [-0.05, 0) is 60.5 Å². The maximum atomic E-state index is 12.4. The van der Waals surface area contributed by atoms with Crippen LogP contribution in [0.1, 0.15) is 30.8 Å². The summed E-state index contributed by atoms with van der Waals surface area (Å²) in [5.74, 6) is 0.730. The molecule has 0 unspecified atom stereocenters. The molecular formula is C19H19BrN2O2S2. The van der Waals surface area contributed by atoms with Crippen molar-refractivity contribution in [3.63, 3.8) is 0 Å². The highest BCUT2D eigenvalue weighted by atomic mass is 79.9. The molecule has 3 aromatic rings. The molecule has 0 aliphatic heterocycles. The summed E-state index contributed by atoms with van der Waals surface area (Å²) in [6.07, 6.45) is 0.823. The topological polar surface area (TPSA) is 51.2 Å². The largest absolute Gasteiger partial charge is 0.486 e. The zero-order valence-electron chi connectivity index (χ0n) is 14.5. The minimum Gasteiger partial charge on any atom is -0.486 e. The third-order valence-electron chi connectivity index (χ3n) is 3.72. The Morgan fingerprint density at radius 3 is 2.62 bits per heavy atom. The Morgan fingerprint density at radius 2 is 1.92 bits per heavy atom. The summed E-state index contributed by atoms with van der Waals surface area (Å²) in [6.45, 7) is 4.87. The Balaban J connectivity index is 1.53. The van der Waals surface area contributed by atoms with Crippen LogP contribution in [0.25, 0.3) is 0 Å². The second-order valence-electron chi connectivity index (χ2n) is 5.84. The quantitative estimate of drug-likeness (QED) is 0.542. The van der Waals surface area contributed by atoms with E-state index in [1.807, 2.05) is 44.2 Å². The standard InChI is InChI=1S/C19H19BrN2O2S2/c1-12-3-5-14(6-4-12)24-11-17-22-13(2)18(26-17)19(23)21-10-9-15-7-8-16(20)25-15/h3-8H,9-11H2,1-2H3,(H,21,23). The van der Waals surface area contributed by atoms with Crippen LogP contribution in [-0.4, -0.2) is 17.4 Å². The number of ether oxygens (including phenoxy) is 1. The van der Waals surface area contributed by atoms with Crippen molar-refractivity contribution in [2.24, 2.45) is 0 Å². The smallest absolute Gasteiger partial charge is 0.263 e. The van der Waals surface area contributed by atoms with E-state index in [1.165, 1.54) is 21.8 Å². The minimum absolute atomic E-state index is 0.0720. The molecule has 0 bridgehead atoms. The van der Waals surface area contributed by atoms with Crippen molar-refractivity contribution in [2.75, 3.05) is 6.54 Å². The molecule has 2 aromatic heterocycles. The molecule has 0 fully saturated rings. The number of thiazole rings is 1. The first kappa shape index (κ1) is 19.1. The summed E-state index contributed by atoms with van der Waals surface area (Å²) in [5, 5.41) is 3.77. The second kappa shape index (κ2) is 8.79. The SMILES string of the molecule is Cc1ccc(OCc2nc(C)c(C(=O)NCCc3ccc(Br)s3)s2)cc1. The number of halogens is 1. The Morgan fingerprint density at radius 1 is 1.15 bits per heavy atom. The van der Waals surface area contributed by atoms with Gasteiger partial charge in [0.25, 0.3) is 5.91 Å². The van der Waals surface area contributed by atoms with E-state index in [4.69, 9.17) is 4.74 Å². The third-order valence-corrected chi connectivity index (χ3v) is 6.53. The zero-order valence-corrected chi connectivity index (χ0v) is 17.8. The Kier molecular flexibility index (Phi) is 6.45. The van der Waals surface area contributed by atoms with Crippen molar-refractivity contribution in [1.82, 2.24) is 10.3 Å². The van der Waals surface area contributed by atoms with Gasteiger partial charge in [0.05, 0.1) is 9.48 Å². The summed E-state index contributed by atoms with van der Waals surface area (Å²) < 4.78 is 6.86. The highest BCUT2D eigenvalue weighted by molar-refractivity contribution is 9.11. The van der Waals surface area contributed by atoms with E-state index >= 15 is 0 Å². The monoisotopic (exact) mass is 450 g/mol. The van der Waals surface area contributed by atoms with Crippen molar-refractivity contribution >= 4 is 44.5 Å². The van der Waals surface area contributed by atoms with E-state index in [2.05, 4.69) is 32.3 Å². The molecule has 2 heterocycles. The molecule has 7 heteroatoms. The van der Waals surface area contributed by atoms with Crippen molar-refractivity contribution in [3.05, 3.63) is 66.2 Å². The Labute approximate surface area is 169 Å². The Bertz CT molecular complexity index is 887. The van der Waals surface area contributed by atoms with Gasteiger partial charge in [-0.3, -0.25) is 4.79 Å². The van der Waals surface area contributed by atoms with Gasteiger partial charge in [0, 0.05) is 11.4 Å². The third kappa shape index (κ3) is 5.16. The van der Waals surface area contributed by atoms with Crippen LogP contribution in [0, 0.1) is 13.8 Å². The molecule has 1 aromatic carbocycles. The lowest BCUT2D eigenvalue weighted by atomic mass is 10.2. The fourth-order valence-electron chi connectivity index (χ4n) is 2.37. The number of thiophene rings is 1. The number of aromatic nitrogens is 1. The Hall–Kier alpha value is -1.70. The summed E-state index contributed by atoms with van der Waals surface area (Å²) in [7, 11) is 0. The van der Waals surface area contributed by atoms with Crippen LogP contribution in [0.5, 0.6) is 5.75 Å². The number of nitrogens with zero attached hydrogens (tertiary/aromatic N) is 1. The molecule has 1 amide bonds. The molecular weight excluding hydrogens is 432 g/mol. The molecule has 136 valence electrons. The average Bonchev–Trinajstić information content (AvgIpc) is 3.20. The van der Waals surface area contributed by atoms with Crippen molar-refractivity contribution < 1.29 is 9.53 Å². The first-order valence-electron chi connectivity index (χ1n) is 8.19. The highest BCUT2D eigenvalue weighted by Gasteiger charge is 2.15.